The lowest BCUT2D eigenvalue weighted by Gasteiger charge is -2.09. The highest BCUT2D eigenvalue weighted by molar-refractivity contribution is 7.92. The van der Waals surface area contributed by atoms with Crippen molar-refractivity contribution in [3.05, 3.63) is 37.3 Å². The summed E-state index contributed by atoms with van der Waals surface area (Å²) in [4.78, 5) is 9.91. The van der Waals surface area contributed by atoms with E-state index in [4.69, 9.17) is 0 Å². The number of carbonyl (C=O) groups excluding carboxylic acids is 1. The first kappa shape index (κ1) is 10.7. The van der Waals surface area contributed by atoms with Crippen LogP contribution in [0.15, 0.2) is 35.2 Å². The van der Waals surface area contributed by atoms with Gasteiger partial charge in [-0.3, -0.25) is 0 Å². The fraction of sp³-hybridized carbons (Fsp3) is 0.111. The Morgan fingerprint density at radius 3 is 2.36 bits per heavy atom. The van der Waals surface area contributed by atoms with Crippen LogP contribution < -0.4 is 0 Å². The third-order valence-electron chi connectivity index (χ3n) is 1.60. The van der Waals surface area contributed by atoms with Crippen molar-refractivity contribution in [3.63, 3.8) is 0 Å². The predicted octanol–water partition coefficient (Wildman–Crippen LogP) is 0.704. The van der Waals surface area contributed by atoms with E-state index in [2.05, 4.69) is 11.7 Å². The zero-order chi connectivity index (χ0) is 10.6. The van der Waals surface area contributed by atoms with Crippen LogP contribution in [0.5, 0.6) is 0 Å². The molecule has 0 heterocycles. The van der Waals surface area contributed by atoms with Gasteiger partial charge >= 0.3 is 6.47 Å². The highest BCUT2D eigenvalue weighted by atomic mass is 32.2. The Bertz CT molecular complexity index is 396. The largest absolute Gasteiger partial charge is 0.437 e. The van der Waals surface area contributed by atoms with Gasteiger partial charge in [-0.2, -0.15) is 0 Å². The van der Waals surface area contributed by atoms with Gasteiger partial charge in [0, 0.05) is 6.92 Å². The van der Waals surface area contributed by atoms with E-state index in [-0.39, 0.29) is 4.90 Å². The van der Waals surface area contributed by atoms with Crippen LogP contribution in [0.2, 0.25) is 0 Å². The molecular weight excluding hydrogens is 204 g/mol. The Morgan fingerprint density at radius 2 is 1.86 bits per heavy atom. The first-order valence-electron chi connectivity index (χ1n) is 3.74. The molecule has 0 saturated heterocycles. The summed E-state index contributed by atoms with van der Waals surface area (Å²) in [5.74, 6) is 0. The molecule has 74 valence electrons. The number of sulfone groups is 1. The first-order valence-corrected chi connectivity index (χ1v) is 5.28. The van der Waals surface area contributed by atoms with Gasteiger partial charge in [0.25, 0.3) is 0 Å². The van der Waals surface area contributed by atoms with Crippen molar-refractivity contribution in [1.29, 1.82) is 0 Å². The van der Waals surface area contributed by atoms with Crippen molar-refractivity contribution in [3.8, 4) is 0 Å². The first-order chi connectivity index (χ1) is 6.59. The van der Waals surface area contributed by atoms with E-state index in [1.54, 1.807) is 18.2 Å². The normalized spacial score (nSPS) is 13.2. The monoisotopic (exact) mass is 212 g/mol. The molecule has 0 bridgehead atoms. The molecule has 0 spiro atoms. The Morgan fingerprint density at radius 1 is 1.29 bits per heavy atom. The molecule has 2 radical (unpaired) electrons. The molecule has 0 N–H and O–H groups in total. The fourth-order valence-electron chi connectivity index (χ4n) is 0.879. The van der Waals surface area contributed by atoms with Gasteiger partial charge in [-0.15, -0.1) is 0 Å². The number of ether oxygens (including phenoxy) is 1. The van der Waals surface area contributed by atoms with Crippen LogP contribution in [0.25, 0.3) is 0 Å². The van der Waals surface area contributed by atoms with Crippen LogP contribution in [0.1, 0.15) is 0 Å². The minimum absolute atomic E-state index is 0.0650. The third kappa shape index (κ3) is 2.11. The van der Waals surface area contributed by atoms with Crippen LogP contribution in [-0.4, -0.2) is 20.3 Å². The second kappa shape index (κ2) is 4.23. The molecule has 14 heavy (non-hydrogen) atoms. The van der Waals surface area contributed by atoms with E-state index < -0.39 is 15.3 Å². The van der Waals surface area contributed by atoms with Gasteiger partial charge in [-0.1, -0.05) is 18.2 Å². The minimum Gasteiger partial charge on any atom is -0.437 e. The summed E-state index contributed by atoms with van der Waals surface area (Å²) >= 11 is 0. The highest BCUT2D eigenvalue weighted by Crippen LogP contribution is 2.15. The molecule has 0 saturated carbocycles. The molecule has 0 fully saturated rings. The maximum Gasteiger partial charge on any atom is 0.418 e. The van der Waals surface area contributed by atoms with Crippen molar-refractivity contribution >= 4 is 16.3 Å². The van der Waals surface area contributed by atoms with Gasteiger partial charge in [0.15, 0.2) is 0 Å². The number of rotatable bonds is 4. The summed E-state index contributed by atoms with van der Waals surface area (Å²) in [5, 5.41) is 0. The molecule has 1 unspecified atom stereocenters. The quantitative estimate of drug-likeness (QED) is 0.737. The molecule has 1 aromatic rings. The zero-order valence-corrected chi connectivity index (χ0v) is 8.03. The Kier molecular flexibility index (Phi) is 3.24. The van der Waals surface area contributed by atoms with E-state index >= 15 is 0 Å². The predicted molar refractivity (Wildman–Crippen MR) is 49.6 cm³/mol. The van der Waals surface area contributed by atoms with Gasteiger partial charge in [0.1, 0.15) is 0 Å². The molecule has 1 aromatic carbocycles. The SMILES string of the molecule is [CH2]C(O[C]=O)S(=O)(=O)c1ccccc1. The van der Waals surface area contributed by atoms with Crippen LogP contribution in [0, 0.1) is 6.92 Å². The van der Waals surface area contributed by atoms with E-state index in [1.807, 2.05) is 0 Å². The lowest BCUT2D eigenvalue weighted by molar-refractivity contribution is 0.275. The summed E-state index contributed by atoms with van der Waals surface area (Å²) in [6.07, 6.45) is 0. The van der Waals surface area contributed by atoms with Crippen molar-refractivity contribution in [2.24, 2.45) is 0 Å². The molecule has 0 aliphatic heterocycles. The average Bonchev–Trinajstić information content (AvgIpc) is 2.19. The van der Waals surface area contributed by atoms with Crippen LogP contribution in [-0.2, 0) is 19.4 Å². The van der Waals surface area contributed by atoms with Gasteiger partial charge in [-0.25, -0.2) is 13.2 Å². The number of hydrogen-bond acceptors (Lipinski definition) is 4. The van der Waals surface area contributed by atoms with Gasteiger partial charge in [-0.05, 0) is 12.1 Å². The molecule has 4 nitrogen and oxygen atoms in total. The minimum atomic E-state index is -3.70. The van der Waals surface area contributed by atoms with Crippen molar-refractivity contribution in [1.82, 2.24) is 0 Å². The van der Waals surface area contributed by atoms with Gasteiger partial charge in [0.2, 0.25) is 15.3 Å². The van der Waals surface area contributed by atoms with E-state index in [0.717, 1.165) is 6.47 Å². The van der Waals surface area contributed by atoms with Crippen LogP contribution >= 0.6 is 0 Å². The lowest BCUT2D eigenvalue weighted by Crippen LogP contribution is -2.20. The summed E-state index contributed by atoms with van der Waals surface area (Å²) in [6.45, 7) is 4.25. The van der Waals surface area contributed by atoms with Crippen molar-refractivity contribution in [2.75, 3.05) is 0 Å². The second-order valence-electron chi connectivity index (χ2n) is 2.49. The van der Waals surface area contributed by atoms with Crippen molar-refractivity contribution < 1.29 is 17.9 Å². The molecule has 1 rings (SSSR count). The number of hydrogen-bond donors (Lipinski definition) is 0. The Hall–Kier alpha value is -1.36. The standard InChI is InChI=1S/C9H8O4S/c1-8(13-7-10)14(11,12)9-5-3-2-4-6-9/h2-6,8H,1H2. The lowest BCUT2D eigenvalue weighted by atomic mass is 10.4. The molecular formula is C9H8O4S. The molecule has 0 aliphatic carbocycles. The highest BCUT2D eigenvalue weighted by Gasteiger charge is 2.24. The summed E-state index contributed by atoms with van der Waals surface area (Å²) in [7, 11) is -3.70. The molecule has 0 aliphatic rings. The van der Waals surface area contributed by atoms with Gasteiger partial charge < -0.3 is 4.74 Å². The Balaban J connectivity index is 3.03. The molecule has 5 heteroatoms. The van der Waals surface area contributed by atoms with E-state index in [9.17, 15) is 13.2 Å². The zero-order valence-electron chi connectivity index (χ0n) is 7.21. The summed E-state index contributed by atoms with van der Waals surface area (Å²) < 4.78 is 27.3. The van der Waals surface area contributed by atoms with Crippen LogP contribution in [0.3, 0.4) is 0 Å². The van der Waals surface area contributed by atoms with Crippen LogP contribution in [0.4, 0.5) is 0 Å². The average molecular weight is 212 g/mol. The maximum atomic E-state index is 11.6. The second-order valence-corrected chi connectivity index (χ2v) is 4.58. The summed E-state index contributed by atoms with van der Waals surface area (Å²) in [5.41, 5.74) is -1.46. The van der Waals surface area contributed by atoms with E-state index in [1.165, 1.54) is 12.1 Å². The van der Waals surface area contributed by atoms with E-state index in [0.29, 0.717) is 0 Å². The smallest absolute Gasteiger partial charge is 0.418 e. The topological polar surface area (TPSA) is 60.4 Å². The summed E-state index contributed by atoms with van der Waals surface area (Å²) in [6, 6.07) is 7.64. The fourth-order valence-corrected chi connectivity index (χ4v) is 1.88. The van der Waals surface area contributed by atoms with Gasteiger partial charge in [0.05, 0.1) is 4.90 Å². The molecule has 0 aromatic heterocycles. The molecule has 0 amide bonds. The third-order valence-corrected chi connectivity index (χ3v) is 3.32. The Labute approximate surface area is 82.4 Å². The number of benzene rings is 1. The molecule has 1 atom stereocenters. The maximum absolute atomic E-state index is 11.6. The van der Waals surface area contributed by atoms with Crippen molar-refractivity contribution in [2.45, 2.75) is 10.3 Å².